The molecule has 62 heavy (non-hydrogen) atoms. The number of fused-ring (bicyclic) bond motifs is 7. The van der Waals surface area contributed by atoms with Crippen molar-refractivity contribution in [3.05, 3.63) is 105 Å². The van der Waals surface area contributed by atoms with Crippen molar-refractivity contribution >= 4 is 49.8 Å². The van der Waals surface area contributed by atoms with E-state index < -0.39 is 75.0 Å². The molecule has 9 rings (SSSR count). The number of hydrogen-bond acceptors (Lipinski definition) is 19. The number of benzene rings is 3. The molecule has 3 aromatic carbocycles. The number of hydrogen-bond donors (Lipinski definition) is 7. The summed E-state index contributed by atoms with van der Waals surface area (Å²) in [5.74, 6) is -2.26. The van der Waals surface area contributed by atoms with Crippen molar-refractivity contribution in [3.8, 4) is 23.0 Å². The van der Waals surface area contributed by atoms with E-state index >= 15 is 0 Å². The number of aromatic amines is 1. The van der Waals surface area contributed by atoms with Crippen LogP contribution < -0.4 is 37.0 Å². The molecule has 6 heterocycles. The lowest BCUT2D eigenvalue weighted by Gasteiger charge is -2.37. The van der Waals surface area contributed by atoms with Gasteiger partial charge in [0.05, 0.1) is 31.2 Å². The normalized spacial score (nSPS) is 21.6. The minimum absolute atomic E-state index is 0.0398. The first-order chi connectivity index (χ1) is 29.4. The number of anilines is 1. The summed E-state index contributed by atoms with van der Waals surface area (Å²) in [7, 11) is -10.6. The number of aromatic nitrogens is 7. The van der Waals surface area contributed by atoms with Gasteiger partial charge < -0.3 is 55.5 Å². The first kappa shape index (κ1) is 40.9. The zero-order valence-corrected chi connectivity index (χ0v) is 32.9. The van der Waals surface area contributed by atoms with Crippen LogP contribution in [0.2, 0.25) is 0 Å². The molecule has 8 N–H and O–H groups in total. The van der Waals surface area contributed by atoms with Crippen molar-refractivity contribution in [2.24, 2.45) is 0 Å². The van der Waals surface area contributed by atoms with Crippen molar-refractivity contribution < 1.29 is 72.0 Å². The molecular weight excluding hydrogens is 864 g/mol. The molecule has 27 heteroatoms. The second-order valence-corrected chi connectivity index (χ2v) is 17.4. The summed E-state index contributed by atoms with van der Waals surface area (Å²) in [6.07, 6.45) is -4.33. The molecule has 6 atom stereocenters. The highest BCUT2D eigenvalue weighted by atomic mass is 31.3. The number of nitrogens with one attached hydrogen (secondary N) is 2. The zero-order valence-electron chi connectivity index (χ0n) is 31.1. The minimum Gasteiger partial charge on any atom is -0.872 e. The molecule has 2 unspecified atom stereocenters. The van der Waals surface area contributed by atoms with E-state index in [1.807, 2.05) is 0 Å². The summed E-state index contributed by atoms with van der Waals surface area (Å²) >= 11 is 0. The molecule has 25 nitrogen and oxygen atoms in total. The number of phosphoric acid groups is 1. The van der Waals surface area contributed by atoms with Gasteiger partial charge in [-0.25, -0.2) is 23.3 Å². The second-order valence-electron chi connectivity index (χ2n) is 14.0. The number of aliphatic hydroxyl groups excluding tert-OH is 2. The lowest BCUT2D eigenvalue weighted by atomic mass is 9.77. The number of rotatable bonds is 11. The largest absolute Gasteiger partial charge is 0.872 e. The van der Waals surface area contributed by atoms with Crippen molar-refractivity contribution in [2.75, 3.05) is 18.9 Å². The molecule has 1 fully saturated rings. The summed E-state index contributed by atoms with van der Waals surface area (Å²) in [5.41, 5.74) is 3.40. The number of imidazole rings is 1. The van der Waals surface area contributed by atoms with Crippen LogP contribution in [0.4, 0.5) is 5.95 Å². The number of aliphatic hydroxyl groups is 2. The van der Waals surface area contributed by atoms with E-state index in [2.05, 4.69) is 34.9 Å². The van der Waals surface area contributed by atoms with E-state index in [1.54, 1.807) is 0 Å². The predicted molar refractivity (Wildman–Crippen MR) is 201 cm³/mol. The Hall–Kier alpha value is -6.53. The molecule has 0 aliphatic carbocycles. The Balaban J connectivity index is 0.821. The van der Waals surface area contributed by atoms with Crippen LogP contribution >= 0.6 is 15.4 Å². The summed E-state index contributed by atoms with van der Waals surface area (Å²) in [6, 6.07) is 12.2. The highest BCUT2D eigenvalue weighted by Crippen LogP contribution is 2.59. The van der Waals surface area contributed by atoms with Crippen molar-refractivity contribution in [1.29, 1.82) is 0 Å². The van der Waals surface area contributed by atoms with Gasteiger partial charge in [-0.05, 0) is 24.3 Å². The van der Waals surface area contributed by atoms with Gasteiger partial charge in [-0.1, -0.05) is 35.5 Å². The van der Waals surface area contributed by atoms with E-state index in [9.17, 15) is 53.7 Å². The van der Waals surface area contributed by atoms with Gasteiger partial charge in [-0.2, -0.15) is 4.98 Å². The van der Waals surface area contributed by atoms with Gasteiger partial charge >= 0.3 is 21.4 Å². The van der Waals surface area contributed by atoms with E-state index in [0.29, 0.717) is 16.7 Å². The van der Waals surface area contributed by atoms with Gasteiger partial charge in [0.25, 0.3) is 11.5 Å². The number of ether oxygens (including phenoxy) is 3. The Morgan fingerprint density at radius 1 is 1.00 bits per heavy atom. The standard InChI is InChI=1S/C35H31N9O16P2/c36-34-39-29-26(31(50)40-34)38-14-44(29)32-28(48)27(47)24(58-32)13-56-62(54,55)60-61(52,53)25-12-43(42-41-25)8-7-37-30(49)15-1-4-19-18(9-15)33(51)59-35(19)20-5-2-16(45)10-22(20)57-23-11-17(46)3-6-21(23)35/h1-6,9-12,14,24,27-28,32,45-48H,7-8,13H2,(H,37,49)(H,52,53)(H,54,55)(H3,36,39,40,50)/p-2/t24-,27-,28-,32-/m1/s1. The maximum absolute atomic E-state index is 13.4. The third kappa shape index (κ3) is 6.96. The van der Waals surface area contributed by atoms with Crippen LogP contribution in [0.25, 0.3) is 11.2 Å². The highest BCUT2D eigenvalue weighted by molar-refractivity contribution is 7.69. The number of amides is 1. The van der Waals surface area contributed by atoms with Gasteiger partial charge in [0.1, 0.15) is 29.8 Å². The summed E-state index contributed by atoms with van der Waals surface area (Å²) in [6.45, 7) is -1.21. The lowest BCUT2D eigenvalue weighted by molar-refractivity contribution is -0.268. The molecule has 3 aliphatic heterocycles. The van der Waals surface area contributed by atoms with Crippen molar-refractivity contribution in [3.63, 3.8) is 0 Å². The molecule has 1 saturated heterocycles. The Labute approximate surface area is 345 Å². The Morgan fingerprint density at radius 3 is 2.40 bits per heavy atom. The lowest BCUT2D eigenvalue weighted by Crippen LogP contribution is -2.33. The molecule has 322 valence electrons. The monoisotopic (exact) mass is 893 g/mol. The molecule has 3 aromatic heterocycles. The van der Waals surface area contributed by atoms with Gasteiger partial charge in [0.2, 0.25) is 5.95 Å². The Morgan fingerprint density at radius 2 is 1.69 bits per heavy atom. The van der Waals surface area contributed by atoms with Gasteiger partial charge in [0.15, 0.2) is 28.4 Å². The molecule has 0 bridgehead atoms. The smallest absolute Gasteiger partial charge is 0.479 e. The number of nitrogens with two attached hydrogens (primary N) is 1. The van der Waals surface area contributed by atoms with Crippen LogP contribution in [0.3, 0.4) is 0 Å². The van der Waals surface area contributed by atoms with E-state index in [-0.39, 0.29) is 64.3 Å². The molecule has 6 aromatic rings. The number of phosphoric ester groups is 1. The fourth-order valence-corrected chi connectivity index (χ4v) is 9.75. The van der Waals surface area contributed by atoms with Gasteiger partial charge in [0, 0.05) is 28.8 Å². The molecular formula is C35H29N9O16P2-2. The van der Waals surface area contributed by atoms with Crippen LogP contribution in [0.1, 0.15) is 43.6 Å². The SMILES string of the molecule is Nc1nc2c(ncn2[C@@H]2O[C@H](COP(=O)(O)OP(=O)(O)c3cn(CCNC(=O)c4ccc5c(c4)C(=O)OC54c5ccc([O-])cc5Oc5cc([O-])ccc54)nn3)[C@@H](O)[C@H]2O)c(=O)[nH]1. The van der Waals surface area contributed by atoms with Crippen molar-refractivity contribution in [2.45, 2.75) is 36.7 Å². The number of esters is 1. The van der Waals surface area contributed by atoms with Crippen molar-refractivity contribution in [1.82, 2.24) is 39.8 Å². The zero-order chi connectivity index (χ0) is 43.9. The first-order valence-electron chi connectivity index (χ1n) is 18.1. The fraction of sp³-hybridized carbons (Fsp3) is 0.229. The summed E-state index contributed by atoms with van der Waals surface area (Å²) < 4.78 is 54.7. The van der Waals surface area contributed by atoms with Crippen LogP contribution in [-0.4, -0.2) is 97.9 Å². The average molecular weight is 894 g/mol. The van der Waals surface area contributed by atoms with Crippen LogP contribution in [0.5, 0.6) is 23.0 Å². The predicted octanol–water partition coefficient (Wildman–Crippen LogP) is -1.30. The number of nitrogens with zero attached hydrogens (tertiary/aromatic N) is 6. The highest BCUT2D eigenvalue weighted by Gasteiger charge is 2.54. The quantitative estimate of drug-likeness (QED) is 0.0587. The van der Waals surface area contributed by atoms with Crippen LogP contribution in [-0.2, 0) is 39.6 Å². The third-order valence-electron chi connectivity index (χ3n) is 10.1. The number of carbonyl (C=O) groups is 2. The molecule has 3 aliphatic rings. The van der Waals surface area contributed by atoms with E-state index in [4.69, 9.17) is 24.5 Å². The molecule has 1 amide bonds. The van der Waals surface area contributed by atoms with Crippen LogP contribution in [0, 0.1) is 0 Å². The van der Waals surface area contributed by atoms with E-state index in [0.717, 1.165) is 21.8 Å². The Bertz CT molecular complexity index is 2940. The molecule has 0 saturated carbocycles. The number of carbonyl (C=O) groups excluding carboxylic acids is 2. The number of nitrogen functional groups attached to an aromatic ring is 1. The fourth-order valence-electron chi connectivity index (χ4n) is 7.34. The maximum atomic E-state index is 13.4. The Kier molecular flexibility index (Phi) is 9.77. The summed E-state index contributed by atoms with van der Waals surface area (Å²) in [5, 5.41) is 55.4. The number of H-pyrrole nitrogens is 1. The molecule has 1 spiro atoms. The average Bonchev–Trinajstić information content (AvgIpc) is 3.99. The third-order valence-corrected chi connectivity index (χ3v) is 13.1. The van der Waals surface area contributed by atoms with Gasteiger partial charge in [-0.3, -0.25) is 28.2 Å². The topological polar surface area (TPSA) is 374 Å². The van der Waals surface area contributed by atoms with E-state index in [1.165, 1.54) is 54.6 Å². The first-order valence-corrected chi connectivity index (χ1v) is 21.1. The molecule has 0 radical (unpaired) electrons. The minimum atomic E-state index is -5.40. The second kappa shape index (κ2) is 14.8. The maximum Gasteiger partial charge on any atom is 0.479 e. The van der Waals surface area contributed by atoms with Gasteiger partial charge in [-0.15, -0.1) is 16.6 Å². The van der Waals surface area contributed by atoms with Crippen LogP contribution in [0.15, 0.2) is 71.9 Å². The summed E-state index contributed by atoms with van der Waals surface area (Å²) in [4.78, 5) is 69.6.